The van der Waals surface area contributed by atoms with Gasteiger partial charge in [-0.25, -0.2) is 9.59 Å². The monoisotopic (exact) mass is 730 g/mol. The summed E-state index contributed by atoms with van der Waals surface area (Å²) in [7, 11) is 0. The first-order valence-electron chi connectivity index (χ1n) is 17.8. The van der Waals surface area contributed by atoms with E-state index in [-0.39, 0.29) is 12.1 Å². The fraction of sp³-hybridized carbons (Fsp3) is 0.432. The maximum absolute atomic E-state index is 13.0. The summed E-state index contributed by atoms with van der Waals surface area (Å²) in [5.41, 5.74) is 3.67. The van der Waals surface area contributed by atoms with Gasteiger partial charge in [-0.3, -0.25) is 0 Å². The van der Waals surface area contributed by atoms with Crippen molar-refractivity contribution in [1.82, 2.24) is 29.4 Å². The van der Waals surface area contributed by atoms with Gasteiger partial charge in [0.2, 0.25) is 0 Å². The Morgan fingerprint density at radius 2 is 1.60 bits per heavy atom. The summed E-state index contributed by atoms with van der Waals surface area (Å²) in [5, 5.41) is 16.8. The van der Waals surface area contributed by atoms with E-state index in [1.807, 2.05) is 25.1 Å². The summed E-state index contributed by atoms with van der Waals surface area (Å²) >= 11 is 0. The number of hydrogen-bond acceptors (Lipinski definition) is 9. The average molecular weight is 731 g/mol. The molecule has 0 N–H and O–H groups in total. The summed E-state index contributed by atoms with van der Waals surface area (Å²) in [5.74, 6) is 0.369. The van der Waals surface area contributed by atoms with Gasteiger partial charge in [-0.15, -0.1) is 0 Å². The highest BCUT2D eigenvalue weighted by molar-refractivity contribution is 5.77. The van der Waals surface area contributed by atoms with Crippen LogP contribution < -0.4 is 14.7 Å². The van der Waals surface area contributed by atoms with E-state index in [9.17, 15) is 22.8 Å². The average Bonchev–Trinajstić information content (AvgIpc) is 3.99. The third-order valence-corrected chi connectivity index (χ3v) is 10.3. The minimum atomic E-state index is -4.55. The highest BCUT2D eigenvalue weighted by Crippen LogP contribution is 2.32. The molecule has 16 heteroatoms. The van der Waals surface area contributed by atoms with Crippen LogP contribution in [0.3, 0.4) is 0 Å². The Labute approximate surface area is 305 Å². The number of nitrogens with zero attached hydrogens (tertiary/aromatic N) is 10. The molecule has 0 bridgehead atoms. The van der Waals surface area contributed by atoms with Crippen molar-refractivity contribution in [2.75, 3.05) is 80.2 Å². The Bertz CT molecular complexity index is 1950. The molecule has 0 aliphatic carbocycles. The number of hydrogen-bond donors (Lipinski definition) is 0. The van der Waals surface area contributed by atoms with Crippen LogP contribution in [0.25, 0.3) is 0 Å². The molecular formula is C37H41F3N10O3. The van der Waals surface area contributed by atoms with Crippen molar-refractivity contribution in [3.63, 3.8) is 0 Å². The molecule has 278 valence electrons. The molecule has 0 spiro atoms. The quantitative estimate of drug-likeness (QED) is 0.260. The van der Waals surface area contributed by atoms with Gasteiger partial charge in [0, 0.05) is 94.6 Å². The van der Waals surface area contributed by atoms with Crippen LogP contribution in [0.5, 0.6) is 0 Å². The fourth-order valence-electron chi connectivity index (χ4n) is 7.29. The lowest BCUT2D eigenvalue weighted by atomic mass is 9.99. The van der Waals surface area contributed by atoms with E-state index in [4.69, 9.17) is 10.00 Å². The molecule has 7 rings (SSSR count). The zero-order valence-corrected chi connectivity index (χ0v) is 29.4. The summed E-state index contributed by atoms with van der Waals surface area (Å²) in [6.07, 6.45) is 0.788. The number of carbonyl (C=O) groups is 2. The van der Waals surface area contributed by atoms with Crippen molar-refractivity contribution in [3.8, 4) is 6.07 Å². The van der Waals surface area contributed by atoms with Gasteiger partial charge in [-0.2, -0.15) is 38.0 Å². The van der Waals surface area contributed by atoms with Crippen LogP contribution in [0.2, 0.25) is 0 Å². The van der Waals surface area contributed by atoms with Crippen molar-refractivity contribution in [2.24, 2.45) is 5.92 Å². The number of benzene rings is 2. The first-order chi connectivity index (χ1) is 25.6. The Morgan fingerprint density at radius 1 is 0.887 bits per heavy atom. The molecule has 2 unspecified atom stereocenters. The van der Waals surface area contributed by atoms with Crippen LogP contribution in [0.1, 0.15) is 30.0 Å². The van der Waals surface area contributed by atoms with E-state index in [1.54, 1.807) is 4.90 Å². The molecule has 3 aliphatic rings. The summed E-state index contributed by atoms with van der Waals surface area (Å²) in [4.78, 5) is 35.9. The molecule has 0 saturated carbocycles. The van der Waals surface area contributed by atoms with Crippen LogP contribution in [0.15, 0.2) is 73.3 Å². The van der Waals surface area contributed by atoms with Gasteiger partial charge in [-0.1, -0.05) is 12.1 Å². The highest BCUT2D eigenvalue weighted by atomic mass is 19.4. The smallest absolute Gasteiger partial charge is 0.374 e. The van der Waals surface area contributed by atoms with Gasteiger partial charge in [-0.05, 0) is 55.3 Å². The van der Waals surface area contributed by atoms with E-state index in [0.717, 1.165) is 66.1 Å². The molecule has 2 aromatic carbocycles. The van der Waals surface area contributed by atoms with Crippen molar-refractivity contribution in [1.29, 1.82) is 5.26 Å². The van der Waals surface area contributed by atoms with Crippen molar-refractivity contribution < 1.29 is 27.5 Å². The van der Waals surface area contributed by atoms with Crippen LogP contribution in [0.4, 0.5) is 39.8 Å². The molecule has 53 heavy (non-hydrogen) atoms. The molecule has 2 amide bonds. The number of carbonyl (C=O) groups excluding carboxylic acids is 2. The van der Waals surface area contributed by atoms with E-state index < -0.39 is 17.8 Å². The van der Waals surface area contributed by atoms with Crippen LogP contribution >= 0.6 is 0 Å². The molecule has 5 heterocycles. The number of ether oxygens (including phenoxy) is 1. The summed E-state index contributed by atoms with van der Waals surface area (Å²) in [6, 6.07) is 17.8. The number of amides is 2. The molecule has 2 aromatic heterocycles. The predicted molar refractivity (Wildman–Crippen MR) is 191 cm³/mol. The van der Waals surface area contributed by atoms with Gasteiger partial charge in [0.05, 0.1) is 42.4 Å². The molecule has 0 radical (unpaired) electrons. The first kappa shape index (κ1) is 35.8. The molecule has 3 saturated heterocycles. The molecule has 3 fully saturated rings. The Hall–Kier alpha value is -5.56. The van der Waals surface area contributed by atoms with Gasteiger partial charge in [0.1, 0.15) is 6.07 Å². The largest absolute Gasteiger partial charge is 0.419 e. The second-order valence-electron chi connectivity index (χ2n) is 13.5. The lowest BCUT2D eigenvalue weighted by molar-refractivity contribution is -0.137. The Kier molecular flexibility index (Phi) is 10.3. The summed E-state index contributed by atoms with van der Waals surface area (Å²) < 4.78 is 47.1. The number of alkyl halides is 3. The molecule has 3 aliphatic heterocycles. The second kappa shape index (κ2) is 15.2. The number of rotatable bonds is 7. The normalized spacial score (nSPS) is 19.4. The van der Waals surface area contributed by atoms with Gasteiger partial charge >= 0.3 is 18.2 Å². The van der Waals surface area contributed by atoms with Gasteiger partial charge < -0.3 is 29.2 Å². The third-order valence-electron chi connectivity index (χ3n) is 10.3. The minimum absolute atomic E-state index is 0.0836. The standard InChI is InChI=1S/C37H41F3N10O3/c1-2-44(35(51)49-23-28(19-41)20-42-49)22-27-4-3-5-33(18-27)48-16-17-53-34(26-48)29-10-11-47(24-29)32-8-6-31(7-9-32)45-12-14-46(15-13-45)36(52)50-25-30(21-43-50)37(38,39)40/h3-9,18,20-21,23,25,29,34H,2,10-17,22,24,26H2,1H3. The molecule has 2 atom stereocenters. The number of morpholine rings is 1. The molecular weight excluding hydrogens is 689 g/mol. The third kappa shape index (κ3) is 7.95. The number of nitriles is 1. The summed E-state index contributed by atoms with van der Waals surface area (Å²) in [6.45, 7) is 8.73. The fourth-order valence-corrected chi connectivity index (χ4v) is 7.29. The number of aromatic nitrogens is 4. The van der Waals surface area contributed by atoms with Crippen LogP contribution in [-0.4, -0.2) is 113 Å². The van der Waals surface area contributed by atoms with Crippen molar-refractivity contribution >= 4 is 29.1 Å². The predicted octanol–water partition coefficient (Wildman–Crippen LogP) is 4.98. The first-order valence-corrected chi connectivity index (χ1v) is 17.8. The van der Waals surface area contributed by atoms with E-state index in [1.165, 1.54) is 22.0 Å². The van der Waals surface area contributed by atoms with Crippen molar-refractivity contribution in [3.05, 3.63) is 90.0 Å². The van der Waals surface area contributed by atoms with Crippen LogP contribution in [0, 0.1) is 17.2 Å². The lowest BCUT2D eigenvalue weighted by Crippen LogP contribution is -2.50. The Balaban J connectivity index is 0.906. The number of anilines is 3. The minimum Gasteiger partial charge on any atom is -0.374 e. The maximum atomic E-state index is 13.0. The lowest BCUT2D eigenvalue weighted by Gasteiger charge is -2.37. The maximum Gasteiger partial charge on any atom is 0.419 e. The Morgan fingerprint density at radius 3 is 2.28 bits per heavy atom. The number of piperazine rings is 1. The highest BCUT2D eigenvalue weighted by Gasteiger charge is 2.35. The molecule has 13 nitrogen and oxygen atoms in total. The SMILES string of the molecule is CCN(Cc1cccc(N2CCOC(C3CCN(c4ccc(N5CCN(C(=O)n6cc(C(F)(F)F)cn6)CC5)cc4)C3)C2)c1)C(=O)n1cc(C#N)cn1. The topological polar surface area (TPSA) is 119 Å². The van der Waals surface area contributed by atoms with E-state index in [0.29, 0.717) is 63.6 Å². The second-order valence-corrected chi connectivity index (χ2v) is 13.5. The zero-order chi connectivity index (χ0) is 37.1. The van der Waals surface area contributed by atoms with Gasteiger partial charge in [0.25, 0.3) is 0 Å². The van der Waals surface area contributed by atoms with E-state index >= 15 is 0 Å². The molecule has 4 aromatic rings. The van der Waals surface area contributed by atoms with Crippen LogP contribution in [-0.2, 0) is 17.5 Å². The van der Waals surface area contributed by atoms with Crippen molar-refractivity contribution in [2.45, 2.75) is 32.2 Å². The van der Waals surface area contributed by atoms with Gasteiger partial charge in [0.15, 0.2) is 0 Å². The van der Waals surface area contributed by atoms with E-state index in [2.05, 4.69) is 61.3 Å². The zero-order valence-electron chi connectivity index (χ0n) is 29.4. The number of halogens is 3.